The van der Waals surface area contributed by atoms with E-state index in [2.05, 4.69) is 4.98 Å². The summed E-state index contributed by atoms with van der Waals surface area (Å²) < 4.78 is 5.14. The molecule has 0 fully saturated rings. The summed E-state index contributed by atoms with van der Waals surface area (Å²) in [4.78, 5) is 15.9. The minimum absolute atomic E-state index is 0.0952. The molecule has 0 saturated carbocycles. The van der Waals surface area contributed by atoms with Crippen molar-refractivity contribution < 1.29 is 9.53 Å². The second-order valence-corrected chi connectivity index (χ2v) is 3.78. The standard InChI is InChI=1S/C12H17NO2/c1-5-10-6-11(9(4)13-7-10)12(14)15-8(2)3/h6-8H,5H2,1-4H3. The fraction of sp³-hybridized carbons (Fsp3) is 0.500. The van der Waals surface area contributed by atoms with Gasteiger partial charge in [0, 0.05) is 6.20 Å². The number of hydrogen-bond acceptors (Lipinski definition) is 3. The van der Waals surface area contributed by atoms with Gasteiger partial charge in [0.25, 0.3) is 0 Å². The molecule has 0 aliphatic carbocycles. The summed E-state index contributed by atoms with van der Waals surface area (Å²) in [5.74, 6) is -0.287. The molecule has 0 unspecified atom stereocenters. The van der Waals surface area contributed by atoms with Gasteiger partial charge >= 0.3 is 5.97 Å². The zero-order valence-corrected chi connectivity index (χ0v) is 9.70. The topological polar surface area (TPSA) is 39.2 Å². The van der Waals surface area contributed by atoms with Gasteiger partial charge in [-0.2, -0.15) is 0 Å². The molecule has 1 heterocycles. The summed E-state index contributed by atoms with van der Waals surface area (Å²) in [6, 6.07) is 1.85. The molecule has 0 radical (unpaired) electrons. The highest BCUT2D eigenvalue weighted by Crippen LogP contribution is 2.11. The van der Waals surface area contributed by atoms with Crippen LogP contribution in [0.3, 0.4) is 0 Å². The Kier molecular flexibility index (Phi) is 3.83. The van der Waals surface area contributed by atoms with E-state index in [4.69, 9.17) is 4.74 Å². The number of hydrogen-bond donors (Lipinski definition) is 0. The number of nitrogens with zero attached hydrogens (tertiary/aromatic N) is 1. The van der Waals surface area contributed by atoms with Gasteiger partial charge in [0.05, 0.1) is 17.4 Å². The van der Waals surface area contributed by atoms with E-state index in [0.29, 0.717) is 5.56 Å². The lowest BCUT2D eigenvalue weighted by molar-refractivity contribution is 0.0376. The van der Waals surface area contributed by atoms with Gasteiger partial charge in [-0.1, -0.05) is 6.92 Å². The smallest absolute Gasteiger partial charge is 0.340 e. The van der Waals surface area contributed by atoms with Crippen LogP contribution in [0.1, 0.15) is 42.4 Å². The molecule has 0 aliphatic rings. The highest BCUT2D eigenvalue weighted by atomic mass is 16.5. The average molecular weight is 207 g/mol. The van der Waals surface area contributed by atoms with Crippen LogP contribution in [0.25, 0.3) is 0 Å². The highest BCUT2D eigenvalue weighted by Gasteiger charge is 2.13. The Bertz CT molecular complexity index is 359. The van der Waals surface area contributed by atoms with Gasteiger partial charge in [0.2, 0.25) is 0 Å². The molecule has 0 aliphatic heterocycles. The molecule has 0 amide bonds. The lowest BCUT2D eigenvalue weighted by atomic mass is 10.1. The molecular weight excluding hydrogens is 190 g/mol. The van der Waals surface area contributed by atoms with Crippen molar-refractivity contribution in [2.45, 2.75) is 40.2 Å². The molecule has 0 aromatic carbocycles. The molecule has 3 heteroatoms. The average Bonchev–Trinajstić information content (AvgIpc) is 2.17. The number of carbonyl (C=O) groups excluding carboxylic acids is 1. The van der Waals surface area contributed by atoms with Crippen LogP contribution in [0, 0.1) is 6.92 Å². The number of rotatable bonds is 3. The Morgan fingerprint density at radius 1 is 1.53 bits per heavy atom. The molecular formula is C12H17NO2. The SMILES string of the molecule is CCc1cnc(C)c(C(=O)OC(C)C)c1. The predicted octanol–water partition coefficient (Wildman–Crippen LogP) is 2.52. The summed E-state index contributed by atoms with van der Waals surface area (Å²) >= 11 is 0. The maximum atomic E-state index is 11.7. The van der Waals surface area contributed by atoms with Crippen molar-refractivity contribution in [2.75, 3.05) is 0 Å². The molecule has 0 atom stereocenters. The van der Waals surface area contributed by atoms with Crippen molar-refractivity contribution >= 4 is 5.97 Å². The van der Waals surface area contributed by atoms with E-state index in [0.717, 1.165) is 17.7 Å². The number of carbonyl (C=O) groups is 1. The van der Waals surface area contributed by atoms with Crippen LogP contribution in [-0.2, 0) is 11.2 Å². The van der Waals surface area contributed by atoms with E-state index in [1.54, 1.807) is 6.20 Å². The van der Waals surface area contributed by atoms with E-state index in [-0.39, 0.29) is 12.1 Å². The fourth-order valence-corrected chi connectivity index (χ4v) is 1.25. The van der Waals surface area contributed by atoms with Crippen molar-refractivity contribution in [1.82, 2.24) is 4.98 Å². The van der Waals surface area contributed by atoms with Crippen LogP contribution in [0.15, 0.2) is 12.3 Å². The summed E-state index contributed by atoms with van der Waals surface area (Å²) in [5, 5.41) is 0. The second kappa shape index (κ2) is 4.91. The number of ether oxygens (including phenoxy) is 1. The van der Waals surface area contributed by atoms with Crippen molar-refractivity contribution in [3.8, 4) is 0 Å². The largest absolute Gasteiger partial charge is 0.459 e. The second-order valence-electron chi connectivity index (χ2n) is 3.78. The van der Waals surface area contributed by atoms with Crippen LogP contribution in [0.4, 0.5) is 0 Å². The predicted molar refractivity (Wildman–Crippen MR) is 58.9 cm³/mol. The van der Waals surface area contributed by atoms with Gasteiger partial charge < -0.3 is 4.74 Å². The number of aromatic nitrogens is 1. The summed E-state index contributed by atoms with van der Waals surface area (Å²) in [6.45, 7) is 7.52. The van der Waals surface area contributed by atoms with Gasteiger partial charge in [-0.05, 0) is 38.8 Å². The fourth-order valence-electron chi connectivity index (χ4n) is 1.25. The van der Waals surface area contributed by atoms with E-state index in [1.807, 2.05) is 33.8 Å². The maximum Gasteiger partial charge on any atom is 0.340 e. The van der Waals surface area contributed by atoms with Crippen LogP contribution in [0.2, 0.25) is 0 Å². The third-order valence-corrected chi connectivity index (χ3v) is 2.11. The molecule has 3 nitrogen and oxygen atoms in total. The zero-order valence-electron chi connectivity index (χ0n) is 9.70. The Labute approximate surface area is 90.5 Å². The summed E-state index contributed by atoms with van der Waals surface area (Å²) in [6.07, 6.45) is 2.57. The van der Waals surface area contributed by atoms with Crippen molar-refractivity contribution in [3.63, 3.8) is 0 Å². The first-order valence-corrected chi connectivity index (χ1v) is 5.21. The third-order valence-electron chi connectivity index (χ3n) is 2.11. The van der Waals surface area contributed by atoms with Gasteiger partial charge in [0.1, 0.15) is 0 Å². The van der Waals surface area contributed by atoms with E-state index >= 15 is 0 Å². The van der Waals surface area contributed by atoms with E-state index in [9.17, 15) is 4.79 Å². The molecule has 1 aromatic heterocycles. The van der Waals surface area contributed by atoms with Crippen LogP contribution >= 0.6 is 0 Å². The molecule has 0 spiro atoms. The quantitative estimate of drug-likeness (QED) is 0.715. The Balaban J connectivity index is 2.96. The zero-order chi connectivity index (χ0) is 11.4. The van der Waals surface area contributed by atoms with Gasteiger partial charge in [-0.25, -0.2) is 4.79 Å². The molecule has 15 heavy (non-hydrogen) atoms. The molecule has 1 aromatic rings. The monoisotopic (exact) mass is 207 g/mol. The first kappa shape index (κ1) is 11.7. The Morgan fingerprint density at radius 3 is 2.73 bits per heavy atom. The molecule has 82 valence electrons. The highest BCUT2D eigenvalue weighted by molar-refractivity contribution is 5.90. The Hall–Kier alpha value is -1.38. The third kappa shape index (κ3) is 3.05. The number of aryl methyl sites for hydroxylation is 2. The van der Waals surface area contributed by atoms with E-state index in [1.165, 1.54) is 0 Å². The molecule has 0 saturated heterocycles. The van der Waals surface area contributed by atoms with Crippen molar-refractivity contribution in [2.24, 2.45) is 0 Å². The maximum absolute atomic E-state index is 11.7. The molecule has 1 rings (SSSR count). The van der Waals surface area contributed by atoms with Gasteiger partial charge in [-0.15, -0.1) is 0 Å². The van der Waals surface area contributed by atoms with Crippen LogP contribution in [0.5, 0.6) is 0 Å². The first-order valence-electron chi connectivity index (χ1n) is 5.21. The number of pyridine rings is 1. The van der Waals surface area contributed by atoms with Crippen LogP contribution in [-0.4, -0.2) is 17.1 Å². The molecule has 0 bridgehead atoms. The van der Waals surface area contributed by atoms with Crippen molar-refractivity contribution in [1.29, 1.82) is 0 Å². The minimum Gasteiger partial charge on any atom is -0.459 e. The first-order chi connectivity index (χ1) is 7.04. The lowest BCUT2D eigenvalue weighted by Gasteiger charge is -2.10. The van der Waals surface area contributed by atoms with Crippen molar-refractivity contribution in [3.05, 3.63) is 29.1 Å². The molecule has 0 N–H and O–H groups in total. The summed E-state index contributed by atoms with van der Waals surface area (Å²) in [5.41, 5.74) is 2.34. The minimum atomic E-state index is -0.287. The number of esters is 1. The van der Waals surface area contributed by atoms with E-state index < -0.39 is 0 Å². The van der Waals surface area contributed by atoms with Crippen LogP contribution < -0.4 is 0 Å². The van der Waals surface area contributed by atoms with Gasteiger partial charge in [0.15, 0.2) is 0 Å². The van der Waals surface area contributed by atoms with Gasteiger partial charge in [-0.3, -0.25) is 4.98 Å². The Morgan fingerprint density at radius 2 is 2.20 bits per heavy atom. The lowest BCUT2D eigenvalue weighted by Crippen LogP contribution is -2.13. The summed E-state index contributed by atoms with van der Waals surface area (Å²) in [7, 11) is 0. The normalized spacial score (nSPS) is 10.5.